The molecular weight excluding hydrogens is 264 g/mol. The van der Waals surface area contributed by atoms with Gasteiger partial charge in [0, 0.05) is 18.5 Å². The lowest BCUT2D eigenvalue weighted by Crippen LogP contribution is -2.45. The van der Waals surface area contributed by atoms with E-state index in [0.29, 0.717) is 13.0 Å². The van der Waals surface area contributed by atoms with E-state index in [1.54, 1.807) is 0 Å². The van der Waals surface area contributed by atoms with Gasteiger partial charge in [-0.25, -0.2) is 0 Å². The molecule has 4 heteroatoms. The number of ether oxygens (including phenoxy) is 1. The first-order chi connectivity index (χ1) is 10.3. The molecule has 0 atom stereocenters. The molecule has 1 saturated carbocycles. The molecule has 1 aliphatic carbocycles. The second kappa shape index (κ2) is 8.02. The van der Waals surface area contributed by atoms with Gasteiger partial charge in [-0.2, -0.15) is 5.26 Å². The molecule has 2 N–H and O–H groups in total. The van der Waals surface area contributed by atoms with Gasteiger partial charge in [0.25, 0.3) is 0 Å². The second-order valence-electron chi connectivity index (χ2n) is 5.76. The van der Waals surface area contributed by atoms with Crippen LogP contribution in [0.15, 0.2) is 24.3 Å². The highest BCUT2D eigenvalue weighted by atomic mass is 16.5. The molecule has 2 rings (SSSR count). The summed E-state index contributed by atoms with van der Waals surface area (Å²) in [5, 5.41) is 21.6. The Morgan fingerprint density at radius 2 is 2.14 bits per heavy atom. The summed E-state index contributed by atoms with van der Waals surface area (Å²) >= 11 is 0. The number of aliphatic hydroxyl groups is 1. The van der Waals surface area contributed by atoms with E-state index in [1.807, 2.05) is 18.2 Å². The van der Waals surface area contributed by atoms with Gasteiger partial charge < -0.3 is 15.2 Å². The fourth-order valence-corrected chi connectivity index (χ4v) is 2.82. The molecule has 1 aromatic rings. The number of hydrogen-bond donors (Lipinski definition) is 2. The molecule has 1 aromatic carbocycles. The van der Waals surface area contributed by atoms with Crippen LogP contribution in [0.2, 0.25) is 0 Å². The zero-order chi connectivity index (χ0) is 15.0. The largest absolute Gasteiger partial charge is 0.494 e. The van der Waals surface area contributed by atoms with Gasteiger partial charge in [0.15, 0.2) is 0 Å². The normalized spacial score (nSPS) is 16.6. The highest BCUT2D eigenvalue weighted by Gasteiger charge is 2.32. The molecule has 0 saturated heterocycles. The first-order valence-electron chi connectivity index (χ1n) is 7.73. The van der Waals surface area contributed by atoms with E-state index in [0.717, 1.165) is 37.1 Å². The maximum absolute atomic E-state index is 9.60. The van der Waals surface area contributed by atoms with E-state index in [1.165, 1.54) is 12.8 Å². The number of unbranched alkanes of at least 4 members (excludes halogenated alkanes) is 1. The fourth-order valence-electron chi connectivity index (χ4n) is 2.82. The van der Waals surface area contributed by atoms with Crippen LogP contribution >= 0.6 is 0 Å². The number of hydrogen-bond acceptors (Lipinski definition) is 4. The average molecular weight is 288 g/mol. The molecular formula is C17H24N2O2. The highest BCUT2D eigenvalue weighted by molar-refractivity contribution is 5.28. The molecule has 1 aliphatic rings. The van der Waals surface area contributed by atoms with E-state index in [9.17, 15) is 5.11 Å². The van der Waals surface area contributed by atoms with Gasteiger partial charge in [0.1, 0.15) is 5.75 Å². The van der Waals surface area contributed by atoms with E-state index in [-0.39, 0.29) is 12.1 Å². The summed E-state index contributed by atoms with van der Waals surface area (Å²) in [7, 11) is 0. The summed E-state index contributed by atoms with van der Waals surface area (Å²) in [6, 6.07) is 10.1. The first kappa shape index (κ1) is 15.8. The monoisotopic (exact) mass is 288 g/mol. The molecule has 0 radical (unpaired) electrons. The summed E-state index contributed by atoms with van der Waals surface area (Å²) in [5.41, 5.74) is 1.07. The summed E-state index contributed by atoms with van der Waals surface area (Å²) in [5.74, 6) is 0.844. The smallest absolute Gasteiger partial charge is 0.119 e. The number of nitrogens with one attached hydrogen (secondary N) is 1. The Labute approximate surface area is 126 Å². The van der Waals surface area contributed by atoms with Crippen LogP contribution in [0.25, 0.3) is 0 Å². The third-order valence-corrected chi connectivity index (χ3v) is 4.13. The number of nitrogens with zero attached hydrogens (tertiary/aromatic N) is 1. The molecule has 0 bridgehead atoms. The molecule has 0 aliphatic heterocycles. The summed E-state index contributed by atoms with van der Waals surface area (Å²) < 4.78 is 5.64. The van der Waals surface area contributed by atoms with Crippen LogP contribution in [0.5, 0.6) is 5.75 Å². The molecule has 114 valence electrons. The lowest BCUT2D eigenvalue weighted by Gasteiger charge is -2.28. The SMILES string of the molecule is N#CCCCOc1cccc(CNC2(CO)CCCC2)c1. The lowest BCUT2D eigenvalue weighted by atomic mass is 9.98. The van der Waals surface area contributed by atoms with Gasteiger partial charge >= 0.3 is 0 Å². The van der Waals surface area contributed by atoms with E-state index < -0.39 is 0 Å². The van der Waals surface area contributed by atoms with E-state index in [2.05, 4.69) is 17.5 Å². The van der Waals surface area contributed by atoms with Crippen molar-refractivity contribution in [2.45, 2.75) is 50.6 Å². The second-order valence-corrected chi connectivity index (χ2v) is 5.76. The minimum absolute atomic E-state index is 0.0936. The van der Waals surface area contributed by atoms with Crippen LogP contribution in [-0.2, 0) is 6.54 Å². The summed E-state index contributed by atoms with van der Waals surface area (Å²) in [6.45, 7) is 1.53. The fraction of sp³-hybridized carbons (Fsp3) is 0.588. The van der Waals surface area contributed by atoms with Gasteiger partial charge in [-0.05, 0) is 37.0 Å². The summed E-state index contributed by atoms with van der Waals surface area (Å²) in [4.78, 5) is 0. The van der Waals surface area contributed by atoms with Crippen molar-refractivity contribution in [1.82, 2.24) is 5.32 Å². The third kappa shape index (κ3) is 4.73. The van der Waals surface area contributed by atoms with Crippen LogP contribution in [0.4, 0.5) is 0 Å². The molecule has 0 aromatic heterocycles. The van der Waals surface area contributed by atoms with Gasteiger partial charge in [0.2, 0.25) is 0 Å². The van der Waals surface area contributed by atoms with Crippen LogP contribution in [-0.4, -0.2) is 23.9 Å². The minimum atomic E-state index is -0.0936. The molecule has 1 fully saturated rings. The van der Waals surface area contributed by atoms with E-state index in [4.69, 9.17) is 10.00 Å². The predicted octanol–water partition coefficient (Wildman–Crippen LogP) is 2.76. The molecule has 4 nitrogen and oxygen atoms in total. The van der Waals surface area contributed by atoms with Gasteiger partial charge in [-0.1, -0.05) is 25.0 Å². The number of rotatable bonds is 8. The van der Waals surface area contributed by atoms with E-state index >= 15 is 0 Å². The van der Waals surface area contributed by atoms with Gasteiger partial charge in [0.05, 0.1) is 19.3 Å². The quantitative estimate of drug-likeness (QED) is 0.722. The lowest BCUT2D eigenvalue weighted by molar-refractivity contribution is 0.163. The highest BCUT2D eigenvalue weighted by Crippen LogP contribution is 2.29. The minimum Gasteiger partial charge on any atom is -0.494 e. The average Bonchev–Trinajstić information content (AvgIpc) is 3.00. The molecule has 0 heterocycles. The van der Waals surface area contributed by atoms with Crippen molar-refractivity contribution in [3.8, 4) is 11.8 Å². The van der Waals surface area contributed by atoms with Crippen molar-refractivity contribution >= 4 is 0 Å². The Morgan fingerprint density at radius 3 is 2.86 bits per heavy atom. The van der Waals surface area contributed by atoms with Crippen molar-refractivity contribution in [2.24, 2.45) is 0 Å². The Morgan fingerprint density at radius 1 is 1.33 bits per heavy atom. The molecule has 0 spiro atoms. The third-order valence-electron chi connectivity index (χ3n) is 4.13. The van der Waals surface area contributed by atoms with Crippen molar-refractivity contribution < 1.29 is 9.84 Å². The Balaban J connectivity index is 1.84. The Kier molecular flexibility index (Phi) is 6.04. The zero-order valence-corrected chi connectivity index (χ0v) is 12.5. The maximum atomic E-state index is 9.60. The standard InChI is InChI=1S/C17H24N2O2/c18-10-3-4-11-21-16-7-5-6-15(12-16)13-19-17(14-20)8-1-2-9-17/h5-7,12,19-20H,1-4,8-9,11,13-14H2. The topological polar surface area (TPSA) is 65.3 Å². The molecule has 0 unspecified atom stereocenters. The van der Waals surface area contributed by atoms with Crippen LogP contribution in [0.3, 0.4) is 0 Å². The van der Waals surface area contributed by atoms with Gasteiger partial charge in [-0.15, -0.1) is 0 Å². The first-order valence-corrected chi connectivity index (χ1v) is 7.73. The van der Waals surface area contributed by atoms with Crippen LogP contribution in [0, 0.1) is 11.3 Å². The van der Waals surface area contributed by atoms with Gasteiger partial charge in [-0.3, -0.25) is 0 Å². The van der Waals surface area contributed by atoms with Crippen LogP contribution < -0.4 is 10.1 Å². The molecule has 0 amide bonds. The maximum Gasteiger partial charge on any atom is 0.119 e. The van der Waals surface area contributed by atoms with Crippen molar-refractivity contribution in [3.63, 3.8) is 0 Å². The van der Waals surface area contributed by atoms with Crippen molar-refractivity contribution in [3.05, 3.63) is 29.8 Å². The Hall–Kier alpha value is -1.57. The number of nitriles is 1. The van der Waals surface area contributed by atoms with Crippen molar-refractivity contribution in [2.75, 3.05) is 13.2 Å². The number of aliphatic hydroxyl groups excluding tert-OH is 1. The predicted molar refractivity (Wildman–Crippen MR) is 81.9 cm³/mol. The number of benzene rings is 1. The molecule has 21 heavy (non-hydrogen) atoms. The zero-order valence-electron chi connectivity index (χ0n) is 12.5. The summed E-state index contributed by atoms with van der Waals surface area (Å²) in [6.07, 6.45) is 5.76. The van der Waals surface area contributed by atoms with Crippen molar-refractivity contribution in [1.29, 1.82) is 5.26 Å². The Bertz CT molecular complexity index is 476. The van der Waals surface area contributed by atoms with Crippen LogP contribution in [0.1, 0.15) is 44.1 Å².